The van der Waals surface area contributed by atoms with Gasteiger partial charge in [-0.3, -0.25) is 4.79 Å². The first kappa shape index (κ1) is 10.8. The number of carbonyl (C=O) groups excluding carboxylic acids is 1. The van der Waals surface area contributed by atoms with Gasteiger partial charge in [-0.15, -0.1) is 0 Å². The van der Waals surface area contributed by atoms with Crippen molar-refractivity contribution in [1.82, 2.24) is 0 Å². The summed E-state index contributed by atoms with van der Waals surface area (Å²) in [6, 6.07) is 6.01. The molecule has 1 N–H and O–H groups in total. The minimum absolute atomic E-state index is 0.0659. The Hall–Kier alpha value is -1.35. The number of hydrogen-bond donors (Lipinski definition) is 1. The van der Waals surface area contributed by atoms with Gasteiger partial charge in [-0.1, -0.05) is 0 Å². The van der Waals surface area contributed by atoms with Crippen LogP contribution in [0.4, 0.5) is 5.69 Å². The Morgan fingerprint density at radius 1 is 1.41 bits per heavy atom. The van der Waals surface area contributed by atoms with Gasteiger partial charge < -0.3 is 10.1 Å². The molecule has 0 bridgehead atoms. The number of carbonyl (C=O) groups is 1. The molecule has 2 aliphatic heterocycles. The molecule has 1 aromatic rings. The molecule has 0 saturated carbocycles. The number of benzene rings is 1. The van der Waals surface area contributed by atoms with Gasteiger partial charge in [-0.2, -0.15) is 0 Å². The van der Waals surface area contributed by atoms with Crippen LogP contribution in [-0.2, 0) is 11.2 Å². The third-order valence-corrected chi connectivity index (χ3v) is 3.63. The first-order valence-electron chi connectivity index (χ1n) is 6.33. The number of ether oxygens (including phenoxy) is 1. The molecule has 0 spiro atoms. The lowest BCUT2D eigenvalue weighted by molar-refractivity contribution is 0.0461. The van der Waals surface area contributed by atoms with Crippen LogP contribution in [0.2, 0.25) is 0 Å². The number of anilines is 1. The maximum Gasteiger partial charge on any atom is 0.168 e. The summed E-state index contributed by atoms with van der Waals surface area (Å²) in [5, 5.41) is 3.31. The summed E-state index contributed by atoms with van der Waals surface area (Å²) in [5.74, 6) is 0.315. The second-order valence-corrected chi connectivity index (χ2v) is 4.83. The third kappa shape index (κ3) is 2.07. The van der Waals surface area contributed by atoms with E-state index in [1.807, 2.05) is 18.2 Å². The van der Waals surface area contributed by atoms with Crippen molar-refractivity contribution in [3.63, 3.8) is 0 Å². The van der Waals surface area contributed by atoms with Crippen LogP contribution in [0.15, 0.2) is 18.2 Å². The summed E-state index contributed by atoms with van der Waals surface area (Å²) in [7, 11) is 0. The fourth-order valence-electron chi connectivity index (χ4n) is 2.64. The van der Waals surface area contributed by atoms with Gasteiger partial charge in [0, 0.05) is 30.3 Å². The summed E-state index contributed by atoms with van der Waals surface area (Å²) < 4.78 is 5.38. The topological polar surface area (TPSA) is 38.3 Å². The van der Waals surface area contributed by atoms with Crippen LogP contribution in [0.25, 0.3) is 0 Å². The van der Waals surface area contributed by atoms with E-state index in [4.69, 9.17) is 4.74 Å². The Balaban J connectivity index is 1.81. The molecular formula is C14H17NO2. The van der Waals surface area contributed by atoms with Gasteiger partial charge in [0.2, 0.25) is 0 Å². The highest BCUT2D eigenvalue weighted by Gasteiger charge is 2.24. The van der Waals surface area contributed by atoms with E-state index in [1.54, 1.807) is 0 Å². The Kier molecular flexibility index (Phi) is 2.85. The lowest BCUT2D eigenvalue weighted by atomic mass is 9.92. The van der Waals surface area contributed by atoms with Crippen molar-refractivity contribution in [1.29, 1.82) is 0 Å². The van der Waals surface area contributed by atoms with Gasteiger partial charge in [0.05, 0.1) is 6.61 Å². The van der Waals surface area contributed by atoms with Crippen LogP contribution in [0, 0.1) is 5.92 Å². The van der Waals surface area contributed by atoms with Crippen LogP contribution in [0.5, 0.6) is 0 Å². The van der Waals surface area contributed by atoms with Gasteiger partial charge in [0.25, 0.3) is 0 Å². The van der Waals surface area contributed by atoms with Crippen molar-refractivity contribution >= 4 is 11.5 Å². The standard InChI is InChI=1S/C14H17NO2/c16-14(12-2-1-7-17-9-12)11-3-4-13-10(8-11)5-6-15-13/h3-4,8,12,15H,1-2,5-7,9H2. The lowest BCUT2D eigenvalue weighted by Crippen LogP contribution is -2.25. The van der Waals surface area contributed by atoms with Crippen LogP contribution in [0.3, 0.4) is 0 Å². The molecule has 3 heteroatoms. The second-order valence-electron chi connectivity index (χ2n) is 4.83. The number of rotatable bonds is 2. The molecule has 1 aromatic carbocycles. The van der Waals surface area contributed by atoms with E-state index in [0.29, 0.717) is 6.61 Å². The molecule has 2 aliphatic rings. The van der Waals surface area contributed by atoms with Crippen LogP contribution < -0.4 is 5.32 Å². The van der Waals surface area contributed by atoms with Crippen molar-refractivity contribution in [2.45, 2.75) is 19.3 Å². The lowest BCUT2D eigenvalue weighted by Gasteiger charge is -2.21. The monoisotopic (exact) mass is 231 g/mol. The molecule has 2 heterocycles. The number of hydrogen-bond acceptors (Lipinski definition) is 3. The number of nitrogens with one attached hydrogen (secondary N) is 1. The molecular weight excluding hydrogens is 214 g/mol. The van der Waals surface area contributed by atoms with E-state index < -0.39 is 0 Å². The van der Waals surface area contributed by atoms with Crippen LogP contribution >= 0.6 is 0 Å². The summed E-state index contributed by atoms with van der Waals surface area (Å²) in [6.45, 7) is 2.38. The molecule has 0 radical (unpaired) electrons. The highest BCUT2D eigenvalue weighted by molar-refractivity contribution is 5.98. The van der Waals surface area contributed by atoms with Gasteiger partial charge in [-0.05, 0) is 43.0 Å². The molecule has 1 fully saturated rings. The minimum Gasteiger partial charge on any atom is -0.384 e. The highest BCUT2D eigenvalue weighted by Crippen LogP contribution is 2.26. The Bertz CT molecular complexity index is 436. The Morgan fingerprint density at radius 3 is 3.18 bits per heavy atom. The second kappa shape index (κ2) is 4.49. The predicted molar refractivity (Wildman–Crippen MR) is 66.5 cm³/mol. The van der Waals surface area contributed by atoms with Crippen molar-refractivity contribution in [2.24, 2.45) is 5.92 Å². The Labute approximate surface area is 101 Å². The molecule has 1 unspecified atom stereocenters. The summed E-state index contributed by atoms with van der Waals surface area (Å²) in [6.07, 6.45) is 2.99. The third-order valence-electron chi connectivity index (χ3n) is 3.63. The molecule has 17 heavy (non-hydrogen) atoms. The fourth-order valence-corrected chi connectivity index (χ4v) is 2.64. The van der Waals surface area contributed by atoms with Crippen molar-refractivity contribution in [3.05, 3.63) is 29.3 Å². The van der Waals surface area contributed by atoms with E-state index in [-0.39, 0.29) is 11.7 Å². The van der Waals surface area contributed by atoms with Crippen LogP contribution in [0.1, 0.15) is 28.8 Å². The van der Waals surface area contributed by atoms with E-state index in [1.165, 1.54) is 11.3 Å². The molecule has 3 rings (SSSR count). The van der Waals surface area contributed by atoms with Crippen molar-refractivity contribution < 1.29 is 9.53 Å². The SMILES string of the molecule is O=C(c1ccc2c(c1)CCN2)C1CCCOC1. The first-order valence-corrected chi connectivity index (χ1v) is 6.33. The smallest absolute Gasteiger partial charge is 0.168 e. The van der Waals surface area contributed by atoms with E-state index in [2.05, 4.69) is 5.32 Å². The minimum atomic E-state index is 0.0659. The predicted octanol–water partition coefficient (Wildman–Crippen LogP) is 2.26. The molecule has 3 nitrogen and oxygen atoms in total. The molecule has 0 amide bonds. The van der Waals surface area contributed by atoms with E-state index in [9.17, 15) is 4.79 Å². The quantitative estimate of drug-likeness (QED) is 0.793. The largest absolute Gasteiger partial charge is 0.384 e. The fraction of sp³-hybridized carbons (Fsp3) is 0.500. The molecule has 0 aliphatic carbocycles. The number of ketones is 1. The van der Waals surface area contributed by atoms with E-state index in [0.717, 1.165) is 38.0 Å². The Morgan fingerprint density at radius 2 is 2.35 bits per heavy atom. The summed E-state index contributed by atoms with van der Waals surface area (Å²) in [5.41, 5.74) is 3.30. The molecule has 90 valence electrons. The average molecular weight is 231 g/mol. The zero-order valence-corrected chi connectivity index (χ0v) is 9.87. The van der Waals surface area contributed by atoms with Gasteiger partial charge in [-0.25, -0.2) is 0 Å². The zero-order chi connectivity index (χ0) is 11.7. The summed E-state index contributed by atoms with van der Waals surface area (Å²) >= 11 is 0. The average Bonchev–Trinajstić information content (AvgIpc) is 2.86. The van der Waals surface area contributed by atoms with Crippen molar-refractivity contribution in [3.8, 4) is 0 Å². The highest BCUT2D eigenvalue weighted by atomic mass is 16.5. The zero-order valence-electron chi connectivity index (χ0n) is 9.87. The normalized spacial score (nSPS) is 22.9. The van der Waals surface area contributed by atoms with Gasteiger partial charge >= 0.3 is 0 Å². The molecule has 0 aromatic heterocycles. The summed E-state index contributed by atoms with van der Waals surface area (Å²) in [4.78, 5) is 12.3. The number of fused-ring (bicyclic) bond motifs is 1. The van der Waals surface area contributed by atoms with Gasteiger partial charge in [0.15, 0.2) is 5.78 Å². The number of Topliss-reactive ketones (excluding diaryl/α,β-unsaturated/α-hetero) is 1. The van der Waals surface area contributed by atoms with Crippen LogP contribution in [-0.4, -0.2) is 25.5 Å². The molecule has 1 atom stereocenters. The first-order chi connectivity index (χ1) is 8.34. The maximum absolute atomic E-state index is 12.3. The van der Waals surface area contributed by atoms with Crippen molar-refractivity contribution in [2.75, 3.05) is 25.1 Å². The van der Waals surface area contributed by atoms with E-state index >= 15 is 0 Å². The maximum atomic E-state index is 12.3. The van der Waals surface area contributed by atoms with Gasteiger partial charge in [0.1, 0.15) is 0 Å². The molecule has 1 saturated heterocycles.